The highest BCUT2D eigenvalue weighted by Gasteiger charge is 2.31. The molecular formula is C11H17N. The van der Waals surface area contributed by atoms with Crippen molar-refractivity contribution >= 4 is 0 Å². The number of hydrogen-bond donors (Lipinski definition) is 0. The molecule has 0 aromatic carbocycles. The van der Waals surface area contributed by atoms with Crippen molar-refractivity contribution in [2.24, 2.45) is 5.92 Å². The van der Waals surface area contributed by atoms with Crippen LogP contribution >= 0.6 is 0 Å². The largest absolute Gasteiger partial charge is 0.367 e. The summed E-state index contributed by atoms with van der Waals surface area (Å²) in [5, 5.41) is 0. The van der Waals surface area contributed by atoms with Gasteiger partial charge in [0.15, 0.2) is 0 Å². The summed E-state index contributed by atoms with van der Waals surface area (Å²) < 4.78 is 0. The fraction of sp³-hybridized carbons (Fsp3) is 0.636. The maximum atomic E-state index is 2.45. The summed E-state index contributed by atoms with van der Waals surface area (Å²) in [5.41, 5.74) is 0.265. The molecule has 1 heteroatoms. The third-order valence-corrected chi connectivity index (χ3v) is 2.72. The molecule has 66 valence electrons. The van der Waals surface area contributed by atoms with E-state index in [1.165, 1.54) is 6.42 Å². The van der Waals surface area contributed by atoms with Crippen molar-refractivity contribution in [2.75, 3.05) is 0 Å². The standard InChI is InChI=1S/C11H17N/c1-11(2,3)12-7-6-9-4-5-10(12)8-9/h4-7,9-10H,8H2,1-3H3. The number of hydrogen-bond acceptors (Lipinski definition) is 1. The number of nitrogens with zero attached hydrogens (tertiary/aromatic N) is 1. The molecule has 0 N–H and O–H groups in total. The highest BCUT2D eigenvalue weighted by molar-refractivity contribution is 5.19. The normalized spacial score (nSPS) is 33.1. The van der Waals surface area contributed by atoms with Gasteiger partial charge in [-0.2, -0.15) is 0 Å². The lowest BCUT2D eigenvalue weighted by atomic mass is 9.97. The average Bonchev–Trinajstić information content (AvgIpc) is 2.30. The summed E-state index contributed by atoms with van der Waals surface area (Å²) in [5.74, 6) is 0.716. The molecule has 1 aliphatic carbocycles. The summed E-state index contributed by atoms with van der Waals surface area (Å²) in [6, 6.07) is 0.653. The zero-order valence-corrected chi connectivity index (χ0v) is 8.12. The predicted octanol–water partition coefficient (Wildman–Crippen LogP) is 2.56. The molecule has 2 aliphatic rings. The van der Waals surface area contributed by atoms with Gasteiger partial charge in [0.1, 0.15) is 0 Å². The van der Waals surface area contributed by atoms with Gasteiger partial charge < -0.3 is 4.90 Å². The average molecular weight is 163 g/mol. The van der Waals surface area contributed by atoms with E-state index in [0.29, 0.717) is 12.0 Å². The van der Waals surface area contributed by atoms with Crippen molar-refractivity contribution in [2.45, 2.75) is 38.8 Å². The summed E-state index contributed by atoms with van der Waals surface area (Å²) >= 11 is 0. The SMILES string of the molecule is CC(C)(C)N1C=CC2C=CC1C2. The van der Waals surface area contributed by atoms with Gasteiger partial charge in [-0.15, -0.1) is 0 Å². The molecule has 1 aliphatic heterocycles. The van der Waals surface area contributed by atoms with E-state index in [1.807, 2.05) is 0 Å². The van der Waals surface area contributed by atoms with Crippen molar-refractivity contribution in [1.82, 2.24) is 4.90 Å². The smallest absolute Gasteiger partial charge is 0.0481 e. The van der Waals surface area contributed by atoms with Gasteiger partial charge in [-0.3, -0.25) is 0 Å². The molecule has 0 saturated carbocycles. The van der Waals surface area contributed by atoms with Gasteiger partial charge >= 0.3 is 0 Å². The van der Waals surface area contributed by atoms with Gasteiger partial charge in [0.2, 0.25) is 0 Å². The topological polar surface area (TPSA) is 3.24 Å². The molecule has 2 bridgehead atoms. The van der Waals surface area contributed by atoms with Crippen LogP contribution in [-0.2, 0) is 0 Å². The van der Waals surface area contributed by atoms with E-state index in [4.69, 9.17) is 0 Å². The molecule has 0 amide bonds. The van der Waals surface area contributed by atoms with Crippen molar-refractivity contribution < 1.29 is 0 Å². The lowest BCUT2D eigenvalue weighted by molar-refractivity contribution is 0.156. The molecule has 2 rings (SSSR count). The van der Waals surface area contributed by atoms with Crippen LogP contribution in [0.1, 0.15) is 27.2 Å². The number of allylic oxidation sites excluding steroid dienone is 2. The highest BCUT2D eigenvalue weighted by atomic mass is 15.2. The van der Waals surface area contributed by atoms with Gasteiger partial charge in [0, 0.05) is 11.6 Å². The van der Waals surface area contributed by atoms with Crippen LogP contribution in [0, 0.1) is 5.92 Å². The molecule has 0 fully saturated rings. The monoisotopic (exact) mass is 163 g/mol. The third-order valence-electron chi connectivity index (χ3n) is 2.72. The van der Waals surface area contributed by atoms with Crippen LogP contribution in [0.3, 0.4) is 0 Å². The zero-order valence-electron chi connectivity index (χ0n) is 8.12. The Morgan fingerprint density at radius 2 is 1.92 bits per heavy atom. The Balaban J connectivity index is 2.23. The molecule has 1 nitrogen and oxygen atoms in total. The third kappa shape index (κ3) is 1.17. The van der Waals surface area contributed by atoms with Crippen LogP contribution in [0.5, 0.6) is 0 Å². The first-order valence-electron chi connectivity index (χ1n) is 4.72. The molecule has 2 unspecified atom stereocenters. The predicted molar refractivity (Wildman–Crippen MR) is 51.8 cm³/mol. The fourth-order valence-electron chi connectivity index (χ4n) is 2.09. The molecule has 12 heavy (non-hydrogen) atoms. The first-order valence-corrected chi connectivity index (χ1v) is 4.72. The van der Waals surface area contributed by atoms with Crippen LogP contribution < -0.4 is 0 Å². The van der Waals surface area contributed by atoms with E-state index in [2.05, 4.69) is 50.1 Å². The highest BCUT2D eigenvalue weighted by Crippen LogP contribution is 2.32. The van der Waals surface area contributed by atoms with Gasteiger partial charge in [-0.1, -0.05) is 18.2 Å². The number of fused-ring (bicyclic) bond motifs is 2. The summed E-state index contributed by atoms with van der Waals surface area (Å²) in [6.45, 7) is 6.80. The fourth-order valence-corrected chi connectivity index (χ4v) is 2.09. The second-order valence-electron chi connectivity index (χ2n) is 4.77. The van der Waals surface area contributed by atoms with E-state index in [0.717, 1.165) is 0 Å². The Labute approximate surface area is 74.8 Å². The van der Waals surface area contributed by atoms with E-state index in [1.54, 1.807) is 0 Å². The second-order valence-corrected chi connectivity index (χ2v) is 4.77. The maximum absolute atomic E-state index is 2.45. The summed E-state index contributed by atoms with van der Waals surface area (Å²) in [7, 11) is 0. The summed E-state index contributed by atoms with van der Waals surface area (Å²) in [6.07, 6.45) is 10.5. The van der Waals surface area contributed by atoms with E-state index < -0.39 is 0 Å². The summed E-state index contributed by atoms with van der Waals surface area (Å²) in [4.78, 5) is 2.45. The van der Waals surface area contributed by atoms with Crippen LogP contribution in [-0.4, -0.2) is 16.5 Å². The van der Waals surface area contributed by atoms with Gasteiger partial charge in [-0.05, 0) is 39.3 Å². The van der Waals surface area contributed by atoms with Gasteiger partial charge in [0.05, 0.1) is 0 Å². The van der Waals surface area contributed by atoms with Crippen molar-refractivity contribution in [3.05, 3.63) is 24.4 Å². The Morgan fingerprint density at radius 3 is 2.58 bits per heavy atom. The van der Waals surface area contributed by atoms with Crippen molar-refractivity contribution in [1.29, 1.82) is 0 Å². The Kier molecular flexibility index (Phi) is 1.57. The van der Waals surface area contributed by atoms with Gasteiger partial charge in [0.25, 0.3) is 0 Å². The molecule has 2 atom stereocenters. The molecule has 0 spiro atoms. The molecule has 0 aromatic rings. The quantitative estimate of drug-likeness (QED) is 0.496. The minimum atomic E-state index is 0.265. The molecule has 1 heterocycles. The van der Waals surface area contributed by atoms with Crippen LogP contribution in [0.15, 0.2) is 24.4 Å². The minimum Gasteiger partial charge on any atom is -0.367 e. The van der Waals surface area contributed by atoms with Gasteiger partial charge in [-0.25, -0.2) is 0 Å². The van der Waals surface area contributed by atoms with Crippen LogP contribution in [0.2, 0.25) is 0 Å². The number of rotatable bonds is 0. The van der Waals surface area contributed by atoms with E-state index >= 15 is 0 Å². The first kappa shape index (κ1) is 7.90. The maximum Gasteiger partial charge on any atom is 0.0481 e. The Hall–Kier alpha value is -0.720. The molecular weight excluding hydrogens is 146 g/mol. The molecule has 0 aromatic heterocycles. The lowest BCUT2D eigenvalue weighted by Gasteiger charge is -2.41. The Morgan fingerprint density at radius 1 is 1.17 bits per heavy atom. The zero-order chi connectivity index (χ0) is 8.77. The lowest BCUT2D eigenvalue weighted by Crippen LogP contribution is -2.44. The Bertz CT molecular complexity index is 232. The van der Waals surface area contributed by atoms with Crippen molar-refractivity contribution in [3.63, 3.8) is 0 Å². The van der Waals surface area contributed by atoms with Crippen LogP contribution in [0.4, 0.5) is 0 Å². The second kappa shape index (κ2) is 2.38. The van der Waals surface area contributed by atoms with E-state index in [-0.39, 0.29) is 5.54 Å². The van der Waals surface area contributed by atoms with Crippen molar-refractivity contribution in [3.8, 4) is 0 Å². The minimum absolute atomic E-state index is 0.265. The van der Waals surface area contributed by atoms with Crippen LogP contribution in [0.25, 0.3) is 0 Å². The van der Waals surface area contributed by atoms with E-state index in [9.17, 15) is 0 Å². The molecule has 0 saturated heterocycles. The molecule has 0 radical (unpaired) electrons. The first-order chi connectivity index (χ1) is 5.57.